The normalized spacial score (nSPS) is 14.6. The van der Waals surface area contributed by atoms with E-state index in [9.17, 15) is 4.79 Å². The molecule has 0 bridgehead atoms. The van der Waals surface area contributed by atoms with E-state index in [2.05, 4.69) is 32.1 Å². The molecule has 1 aliphatic rings. The lowest BCUT2D eigenvalue weighted by Gasteiger charge is -2.35. The van der Waals surface area contributed by atoms with Crippen molar-refractivity contribution in [3.63, 3.8) is 0 Å². The smallest absolute Gasteiger partial charge is 0.321 e. The van der Waals surface area contributed by atoms with Gasteiger partial charge in [0.05, 0.1) is 16.1 Å². The predicted octanol–water partition coefficient (Wildman–Crippen LogP) is 3.53. The summed E-state index contributed by atoms with van der Waals surface area (Å²) in [6.45, 7) is 4.81. The van der Waals surface area contributed by atoms with Crippen LogP contribution in [0.2, 0.25) is 5.02 Å². The fourth-order valence-corrected chi connectivity index (χ4v) is 3.32. The fraction of sp³-hybridized carbons (Fsp3) is 0.316. The van der Waals surface area contributed by atoms with Crippen LogP contribution in [0.4, 0.5) is 16.3 Å². The quantitative estimate of drug-likeness (QED) is 0.724. The van der Waals surface area contributed by atoms with Gasteiger partial charge in [-0.3, -0.25) is 0 Å². The number of fused-ring (bicyclic) bond motifs is 1. The Balaban J connectivity index is 1.37. The lowest BCUT2D eigenvalue weighted by molar-refractivity contribution is 0.208. The summed E-state index contributed by atoms with van der Waals surface area (Å²) in [5.74, 6) is 1.83. The van der Waals surface area contributed by atoms with Gasteiger partial charge in [0.25, 0.3) is 0 Å². The highest BCUT2D eigenvalue weighted by Gasteiger charge is 2.22. The van der Waals surface area contributed by atoms with Gasteiger partial charge >= 0.3 is 6.03 Å². The molecule has 0 aliphatic carbocycles. The largest absolute Gasteiger partial charge is 0.353 e. The number of imidazole rings is 1. The molecule has 2 N–H and O–H groups in total. The van der Waals surface area contributed by atoms with Gasteiger partial charge in [-0.15, -0.1) is 0 Å². The number of carbonyl (C=O) groups excluding carboxylic acids is 1. The number of pyridine rings is 1. The number of aromatic amines is 1. The number of aromatic nitrogens is 3. The van der Waals surface area contributed by atoms with E-state index in [0.717, 1.165) is 47.9 Å². The van der Waals surface area contributed by atoms with E-state index in [-0.39, 0.29) is 6.03 Å². The van der Waals surface area contributed by atoms with E-state index in [1.54, 1.807) is 6.20 Å². The second kappa shape index (κ2) is 7.44. The zero-order valence-corrected chi connectivity index (χ0v) is 15.8. The molecule has 0 atom stereocenters. The van der Waals surface area contributed by atoms with Crippen LogP contribution in [-0.4, -0.2) is 52.1 Å². The highest BCUT2D eigenvalue weighted by molar-refractivity contribution is 6.30. The number of piperazine rings is 1. The average molecular weight is 385 g/mol. The summed E-state index contributed by atoms with van der Waals surface area (Å²) in [6, 6.07) is 9.38. The molecule has 1 aromatic carbocycles. The zero-order chi connectivity index (χ0) is 18.8. The molecule has 2 aromatic heterocycles. The van der Waals surface area contributed by atoms with Crippen LogP contribution in [0.3, 0.4) is 0 Å². The van der Waals surface area contributed by atoms with Crippen LogP contribution in [0, 0.1) is 0 Å². The lowest BCUT2D eigenvalue weighted by Crippen LogP contribution is -2.50. The fourth-order valence-electron chi connectivity index (χ4n) is 3.20. The number of nitrogens with zero attached hydrogens (tertiary/aromatic N) is 4. The van der Waals surface area contributed by atoms with Gasteiger partial charge in [0.2, 0.25) is 0 Å². The van der Waals surface area contributed by atoms with E-state index in [4.69, 9.17) is 11.6 Å². The molecular weight excluding hydrogens is 364 g/mol. The number of halogens is 1. The van der Waals surface area contributed by atoms with Crippen LogP contribution in [-0.2, 0) is 6.42 Å². The van der Waals surface area contributed by atoms with Gasteiger partial charge in [-0.25, -0.2) is 14.8 Å². The van der Waals surface area contributed by atoms with E-state index >= 15 is 0 Å². The first kappa shape index (κ1) is 17.6. The Hall–Kier alpha value is -2.80. The molecule has 7 nitrogen and oxygen atoms in total. The summed E-state index contributed by atoms with van der Waals surface area (Å²) >= 11 is 5.89. The second-order valence-electron chi connectivity index (χ2n) is 6.51. The third kappa shape index (κ3) is 3.83. The topological polar surface area (TPSA) is 77.2 Å². The third-order valence-electron chi connectivity index (χ3n) is 4.72. The Kier molecular flexibility index (Phi) is 4.85. The molecule has 140 valence electrons. The van der Waals surface area contributed by atoms with Crippen molar-refractivity contribution in [2.24, 2.45) is 0 Å². The molecule has 1 aliphatic heterocycles. The highest BCUT2D eigenvalue weighted by Crippen LogP contribution is 2.19. The molecule has 0 saturated carbocycles. The Morgan fingerprint density at radius 2 is 2.04 bits per heavy atom. The zero-order valence-electron chi connectivity index (χ0n) is 15.1. The molecule has 0 radical (unpaired) electrons. The second-order valence-corrected chi connectivity index (χ2v) is 6.94. The van der Waals surface area contributed by atoms with Crippen molar-refractivity contribution in [1.29, 1.82) is 0 Å². The monoisotopic (exact) mass is 384 g/mol. The number of hydrogen-bond donors (Lipinski definition) is 2. The third-order valence-corrected chi connectivity index (χ3v) is 4.94. The maximum absolute atomic E-state index is 12.6. The van der Waals surface area contributed by atoms with Crippen LogP contribution in [0.1, 0.15) is 12.7 Å². The summed E-state index contributed by atoms with van der Waals surface area (Å²) in [5, 5.41) is 3.60. The van der Waals surface area contributed by atoms with Gasteiger partial charge in [0.15, 0.2) is 0 Å². The summed E-state index contributed by atoms with van der Waals surface area (Å²) in [5.41, 5.74) is 2.61. The number of benzene rings is 1. The van der Waals surface area contributed by atoms with Crippen molar-refractivity contribution in [2.45, 2.75) is 13.3 Å². The highest BCUT2D eigenvalue weighted by atomic mass is 35.5. The van der Waals surface area contributed by atoms with Crippen LogP contribution in [0.15, 0.2) is 36.5 Å². The van der Waals surface area contributed by atoms with Crippen molar-refractivity contribution in [3.05, 3.63) is 47.4 Å². The van der Waals surface area contributed by atoms with E-state index in [0.29, 0.717) is 18.1 Å². The molecule has 3 aromatic rings. The Bertz CT molecular complexity index is 946. The van der Waals surface area contributed by atoms with Gasteiger partial charge in [0, 0.05) is 44.5 Å². The molecule has 2 amide bonds. The predicted molar refractivity (Wildman–Crippen MR) is 108 cm³/mol. The minimum Gasteiger partial charge on any atom is -0.353 e. The van der Waals surface area contributed by atoms with E-state index in [1.807, 2.05) is 35.2 Å². The van der Waals surface area contributed by atoms with Crippen molar-refractivity contribution in [2.75, 3.05) is 36.4 Å². The number of aryl methyl sites for hydroxylation is 1. The standard InChI is InChI=1S/C19H21ClN6O/c1-2-17-23-15-5-4-14(11-16(15)24-17)22-19(27)26-9-7-25(8-10-26)18-6-3-13(20)12-21-18/h3-6,11-12H,2,7-10H2,1H3,(H,22,27)(H,23,24). The minimum absolute atomic E-state index is 0.0895. The number of carbonyl (C=O) groups is 1. The van der Waals surface area contributed by atoms with Gasteiger partial charge in [-0.1, -0.05) is 18.5 Å². The van der Waals surface area contributed by atoms with E-state index < -0.39 is 0 Å². The first-order chi connectivity index (χ1) is 13.1. The number of anilines is 2. The molecule has 0 spiro atoms. The Morgan fingerprint density at radius 3 is 2.74 bits per heavy atom. The van der Waals surface area contributed by atoms with Crippen LogP contribution in [0.25, 0.3) is 11.0 Å². The molecule has 0 unspecified atom stereocenters. The van der Waals surface area contributed by atoms with Gasteiger partial charge in [0.1, 0.15) is 11.6 Å². The molecule has 8 heteroatoms. The van der Waals surface area contributed by atoms with Crippen molar-refractivity contribution >= 4 is 40.2 Å². The molecule has 27 heavy (non-hydrogen) atoms. The number of rotatable bonds is 3. The van der Waals surface area contributed by atoms with Crippen LogP contribution in [0.5, 0.6) is 0 Å². The van der Waals surface area contributed by atoms with Gasteiger partial charge in [-0.2, -0.15) is 0 Å². The number of hydrogen-bond acceptors (Lipinski definition) is 4. The minimum atomic E-state index is -0.0895. The average Bonchev–Trinajstić information content (AvgIpc) is 3.11. The number of amides is 2. The van der Waals surface area contributed by atoms with Crippen molar-refractivity contribution < 1.29 is 4.79 Å². The lowest BCUT2D eigenvalue weighted by atomic mass is 10.2. The SMILES string of the molecule is CCc1nc2ccc(NC(=O)N3CCN(c4ccc(Cl)cn4)CC3)cc2[nH]1. The van der Waals surface area contributed by atoms with Crippen molar-refractivity contribution in [3.8, 4) is 0 Å². The molecule has 1 saturated heterocycles. The van der Waals surface area contributed by atoms with Gasteiger partial charge < -0.3 is 20.1 Å². The first-order valence-electron chi connectivity index (χ1n) is 9.03. The Morgan fingerprint density at radius 1 is 1.22 bits per heavy atom. The van der Waals surface area contributed by atoms with Gasteiger partial charge in [-0.05, 0) is 30.3 Å². The number of H-pyrrole nitrogens is 1. The maximum atomic E-state index is 12.6. The summed E-state index contributed by atoms with van der Waals surface area (Å²) in [6.07, 6.45) is 2.49. The summed E-state index contributed by atoms with van der Waals surface area (Å²) in [7, 11) is 0. The summed E-state index contributed by atoms with van der Waals surface area (Å²) < 4.78 is 0. The molecular formula is C19H21ClN6O. The van der Waals surface area contributed by atoms with Crippen molar-refractivity contribution in [1.82, 2.24) is 19.9 Å². The molecule has 3 heterocycles. The maximum Gasteiger partial charge on any atom is 0.321 e. The molecule has 4 rings (SSSR count). The number of urea groups is 1. The molecule has 1 fully saturated rings. The van der Waals surface area contributed by atoms with Crippen LogP contribution >= 0.6 is 11.6 Å². The Labute approximate surface area is 162 Å². The summed E-state index contributed by atoms with van der Waals surface area (Å²) in [4.78, 5) is 28.7. The number of nitrogens with one attached hydrogen (secondary N) is 2. The first-order valence-corrected chi connectivity index (χ1v) is 9.41. The van der Waals surface area contributed by atoms with Crippen LogP contribution < -0.4 is 10.2 Å². The van der Waals surface area contributed by atoms with E-state index in [1.165, 1.54) is 0 Å².